The number of benzene rings is 1. The Morgan fingerprint density at radius 3 is 2.62 bits per heavy atom. The Morgan fingerprint density at radius 2 is 2.06 bits per heavy atom. The van der Waals surface area contributed by atoms with Crippen molar-refractivity contribution < 1.29 is 9.15 Å². The number of hydrogen-bond donors (Lipinski definition) is 1. The Morgan fingerprint density at radius 1 is 1.25 bits per heavy atom. The van der Waals surface area contributed by atoms with E-state index in [2.05, 4.69) is 23.2 Å². The standard InChI is InChI=1S/C12H18N2O2/c1-3-14(7-6-13-2)9-10-4-5-11-12(8-10)16-15-11/h4-5,8,13H,3,6-7,9H2,1-2H3. The van der Waals surface area contributed by atoms with Gasteiger partial charge < -0.3 is 5.32 Å². The van der Waals surface area contributed by atoms with Gasteiger partial charge in [0, 0.05) is 19.6 Å². The zero-order valence-corrected chi connectivity index (χ0v) is 9.82. The largest absolute Gasteiger partial charge is 0.318 e. The molecule has 0 unspecified atom stereocenters. The van der Waals surface area contributed by atoms with Gasteiger partial charge in [-0.15, -0.1) is 0 Å². The van der Waals surface area contributed by atoms with Crippen molar-refractivity contribution in [2.75, 3.05) is 26.7 Å². The average molecular weight is 222 g/mol. The molecule has 4 nitrogen and oxygen atoms in total. The molecule has 0 aliphatic rings. The van der Waals surface area contributed by atoms with Crippen LogP contribution < -0.4 is 5.32 Å². The van der Waals surface area contributed by atoms with Crippen LogP contribution in [0, 0.1) is 0 Å². The summed E-state index contributed by atoms with van der Waals surface area (Å²) < 4.78 is 9.69. The zero-order valence-electron chi connectivity index (χ0n) is 9.82. The van der Waals surface area contributed by atoms with Gasteiger partial charge in [0.15, 0.2) is 0 Å². The monoisotopic (exact) mass is 222 g/mol. The van der Waals surface area contributed by atoms with E-state index < -0.39 is 0 Å². The zero-order chi connectivity index (χ0) is 11.4. The van der Waals surface area contributed by atoms with Crippen molar-refractivity contribution in [3.63, 3.8) is 0 Å². The van der Waals surface area contributed by atoms with Crippen LogP contribution in [0.1, 0.15) is 12.5 Å². The van der Waals surface area contributed by atoms with Crippen LogP contribution >= 0.6 is 0 Å². The lowest BCUT2D eigenvalue weighted by molar-refractivity contribution is 0.0587. The minimum absolute atomic E-state index is 0.835. The van der Waals surface area contributed by atoms with Gasteiger partial charge in [0.25, 0.3) is 0 Å². The summed E-state index contributed by atoms with van der Waals surface area (Å²) in [6.07, 6.45) is 0. The normalized spacial score (nSPS) is 11.7. The highest BCUT2D eigenvalue weighted by Crippen LogP contribution is 2.20. The first-order valence-corrected chi connectivity index (χ1v) is 5.68. The van der Waals surface area contributed by atoms with Crippen molar-refractivity contribution in [1.29, 1.82) is 0 Å². The maximum Gasteiger partial charge on any atom is 0.226 e. The van der Waals surface area contributed by atoms with Crippen molar-refractivity contribution in [2.24, 2.45) is 0 Å². The van der Waals surface area contributed by atoms with Crippen molar-refractivity contribution in [3.8, 4) is 0 Å². The van der Waals surface area contributed by atoms with Crippen molar-refractivity contribution >= 4 is 11.2 Å². The second-order valence-electron chi connectivity index (χ2n) is 3.92. The second kappa shape index (κ2) is 5.18. The van der Waals surface area contributed by atoms with E-state index >= 15 is 0 Å². The number of rotatable bonds is 6. The number of likely N-dealkylation sites (N-methyl/N-ethyl adjacent to an activating group) is 2. The lowest BCUT2D eigenvalue weighted by Crippen LogP contribution is -2.30. The quantitative estimate of drug-likeness (QED) is 0.760. The molecule has 2 aromatic rings. The van der Waals surface area contributed by atoms with Gasteiger partial charge in [-0.05, 0) is 31.3 Å². The molecule has 16 heavy (non-hydrogen) atoms. The molecule has 0 aliphatic heterocycles. The molecule has 0 atom stereocenters. The summed E-state index contributed by atoms with van der Waals surface area (Å²) >= 11 is 0. The molecule has 1 aromatic heterocycles. The number of hydrogen-bond acceptors (Lipinski definition) is 4. The van der Waals surface area contributed by atoms with Crippen LogP contribution in [0.4, 0.5) is 0 Å². The Labute approximate surface area is 95.1 Å². The van der Waals surface area contributed by atoms with E-state index in [0.717, 1.165) is 37.3 Å². The molecule has 0 aliphatic carbocycles. The summed E-state index contributed by atoms with van der Waals surface area (Å²) in [5.41, 5.74) is 2.95. The van der Waals surface area contributed by atoms with Crippen LogP contribution in [0.5, 0.6) is 0 Å². The van der Waals surface area contributed by atoms with Crippen LogP contribution in [-0.2, 0) is 6.54 Å². The first-order chi connectivity index (χ1) is 7.83. The van der Waals surface area contributed by atoms with Crippen LogP contribution in [-0.4, -0.2) is 31.6 Å². The Bertz CT molecular complexity index is 433. The van der Waals surface area contributed by atoms with Crippen LogP contribution in [0.25, 0.3) is 11.2 Å². The van der Waals surface area contributed by atoms with Gasteiger partial charge in [-0.1, -0.05) is 13.0 Å². The van der Waals surface area contributed by atoms with Gasteiger partial charge in [0.2, 0.25) is 11.2 Å². The fourth-order valence-electron chi connectivity index (χ4n) is 1.72. The molecular weight excluding hydrogens is 204 g/mol. The topological polar surface area (TPSA) is 41.5 Å². The van der Waals surface area contributed by atoms with Crippen molar-refractivity contribution in [3.05, 3.63) is 23.8 Å². The van der Waals surface area contributed by atoms with Crippen molar-refractivity contribution in [1.82, 2.24) is 10.2 Å². The maximum absolute atomic E-state index is 4.88. The molecule has 88 valence electrons. The summed E-state index contributed by atoms with van der Waals surface area (Å²) in [6, 6.07) is 6.09. The highest BCUT2D eigenvalue weighted by Gasteiger charge is 2.08. The number of nitrogens with zero attached hydrogens (tertiary/aromatic N) is 1. The van der Waals surface area contributed by atoms with E-state index in [1.807, 2.05) is 19.2 Å². The predicted molar refractivity (Wildman–Crippen MR) is 63.4 cm³/mol. The molecule has 0 radical (unpaired) electrons. The molecule has 1 aromatic carbocycles. The lowest BCUT2D eigenvalue weighted by Gasteiger charge is -2.20. The van der Waals surface area contributed by atoms with Crippen molar-refractivity contribution in [2.45, 2.75) is 13.5 Å². The van der Waals surface area contributed by atoms with Crippen LogP contribution in [0.15, 0.2) is 27.4 Å². The Hall–Kier alpha value is -1.26. The third-order valence-electron chi connectivity index (χ3n) is 2.76. The van der Waals surface area contributed by atoms with Gasteiger partial charge in [-0.25, -0.2) is 0 Å². The van der Waals surface area contributed by atoms with Gasteiger partial charge in [-0.3, -0.25) is 14.1 Å². The van der Waals surface area contributed by atoms with E-state index in [-0.39, 0.29) is 0 Å². The minimum Gasteiger partial charge on any atom is -0.318 e. The molecule has 0 amide bonds. The summed E-state index contributed by atoms with van der Waals surface area (Å²) in [4.78, 5) is 2.39. The molecule has 0 saturated carbocycles. The van der Waals surface area contributed by atoms with E-state index in [0.29, 0.717) is 0 Å². The maximum atomic E-state index is 4.88. The number of fused-ring (bicyclic) bond motifs is 1. The summed E-state index contributed by atoms with van der Waals surface area (Å²) in [5.74, 6) is 0. The fourth-order valence-corrected chi connectivity index (χ4v) is 1.72. The fraction of sp³-hybridized carbons (Fsp3) is 0.500. The first kappa shape index (κ1) is 11.2. The molecule has 2 rings (SSSR count). The molecule has 0 fully saturated rings. The van der Waals surface area contributed by atoms with E-state index in [4.69, 9.17) is 9.15 Å². The molecule has 0 saturated heterocycles. The average Bonchev–Trinajstić information content (AvgIpc) is 2.27. The first-order valence-electron chi connectivity index (χ1n) is 5.68. The molecule has 1 N–H and O–H groups in total. The SMILES string of the molecule is CCN(CCNC)Cc1ccc2ooc2c1. The van der Waals surface area contributed by atoms with E-state index in [1.54, 1.807) is 0 Å². The third kappa shape index (κ3) is 2.46. The lowest BCUT2D eigenvalue weighted by atomic mass is 10.2. The molecule has 0 bridgehead atoms. The smallest absolute Gasteiger partial charge is 0.226 e. The van der Waals surface area contributed by atoms with Gasteiger partial charge in [-0.2, -0.15) is 0 Å². The van der Waals surface area contributed by atoms with Gasteiger partial charge >= 0.3 is 0 Å². The summed E-state index contributed by atoms with van der Waals surface area (Å²) in [6.45, 7) is 6.25. The van der Waals surface area contributed by atoms with E-state index in [1.165, 1.54) is 5.56 Å². The molecule has 4 heteroatoms. The third-order valence-corrected chi connectivity index (χ3v) is 2.76. The highest BCUT2D eigenvalue weighted by atomic mass is 17.0. The van der Waals surface area contributed by atoms with Gasteiger partial charge in [0.05, 0.1) is 0 Å². The Kier molecular flexibility index (Phi) is 3.64. The van der Waals surface area contributed by atoms with E-state index in [9.17, 15) is 0 Å². The molecular formula is C12H18N2O2. The molecule has 0 spiro atoms. The Balaban J connectivity index is 1.97. The van der Waals surface area contributed by atoms with Crippen LogP contribution in [0.3, 0.4) is 0 Å². The van der Waals surface area contributed by atoms with Crippen LogP contribution in [0.2, 0.25) is 0 Å². The summed E-state index contributed by atoms with van der Waals surface area (Å²) in [5, 5.41) is 3.16. The summed E-state index contributed by atoms with van der Waals surface area (Å²) in [7, 11) is 1.98. The number of nitrogens with one attached hydrogen (secondary N) is 1. The molecule has 1 heterocycles. The predicted octanol–water partition coefficient (Wildman–Crippen LogP) is 2.07. The second-order valence-corrected chi connectivity index (χ2v) is 3.92. The van der Waals surface area contributed by atoms with Gasteiger partial charge in [0.1, 0.15) is 0 Å². The minimum atomic E-state index is 0.835. The highest BCUT2D eigenvalue weighted by molar-refractivity contribution is 5.71.